The third-order valence-electron chi connectivity index (χ3n) is 2.58. The first-order valence-corrected chi connectivity index (χ1v) is 7.22. The maximum Gasteiger partial charge on any atom is 0.240 e. The number of rotatable bonds is 5. The number of pyridine rings is 1. The van der Waals surface area contributed by atoms with Crippen LogP contribution >= 0.6 is 0 Å². The summed E-state index contributed by atoms with van der Waals surface area (Å²) in [4.78, 5) is 3.94. The van der Waals surface area contributed by atoms with E-state index in [0.29, 0.717) is 19.8 Å². The summed E-state index contributed by atoms with van der Waals surface area (Å²) in [5.41, 5.74) is 2.30. The lowest BCUT2D eigenvalue weighted by Gasteiger charge is -2.23. The second-order valence-electron chi connectivity index (χ2n) is 3.94. The van der Waals surface area contributed by atoms with E-state index < -0.39 is 10.0 Å². The summed E-state index contributed by atoms with van der Waals surface area (Å²) >= 11 is 0. The Labute approximate surface area is 111 Å². The zero-order valence-corrected chi connectivity index (χ0v) is 11.0. The molecule has 9 heteroatoms. The summed E-state index contributed by atoms with van der Waals surface area (Å²) < 4.78 is 37.1. The number of hydrogen-bond acceptors (Lipinski definition) is 7. The largest absolute Gasteiger partial charge is 0.376 e. The highest BCUT2D eigenvalue weighted by Crippen LogP contribution is 2.12. The van der Waals surface area contributed by atoms with Crippen LogP contribution in [-0.2, 0) is 19.5 Å². The zero-order valence-electron chi connectivity index (χ0n) is 10.2. The maximum absolute atomic E-state index is 12.0. The van der Waals surface area contributed by atoms with Gasteiger partial charge in [0.25, 0.3) is 0 Å². The fraction of sp³-hybridized carbons (Fsp3) is 0.500. The molecule has 1 aliphatic heterocycles. The van der Waals surface area contributed by atoms with Crippen LogP contribution in [0.2, 0.25) is 0 Å². The summed E-state index contributed by atoms with van der Waals surface area (Å²) in [6.45, 7) is 1.56. The predicted molar refractivity (Wildman–Crippen MR) is 67.8 cm³/mol. The zero-order chi connectivity index (χ0) is 13.7. The molecule has 1 saturated heterocycles. The van der Waals surface area contributed by atoms with Gasteiger partial charge < -0.3 is 14.9 Å². The Hall–Kier alpha value is -1.26. The number of nitrogen functional groups attached to an aromatic ring is 1. The molecule has 0 amide bonds. The molecular weight excluding hydrogens is 272 g/mol. The van der Waals surface area contributed by atoms with E-state index in [4.69, 9.17) is 15.3 Å². The molecule has 1 unspecified atom stereocenters. The van der Waals surface area contributed by atoms with Crippen molar-refractivity contribution in [3.05, 3.63) is 18.3 Å². The summed E-state index contributed by atoms with van der Waals surface area (Å²) in [6.07, 6.45) is 1.10. The molecule has 1 fully saturated rings. The van der Waals surface area contributed by atoms with Crippen molar-refractivity contribution in [1.82, 2.24) is 9.71 Å². The van der Waals surface area contributed by atoms with Crippen molar-refractivity contribution in [1.29, 1.82) is 0 Å². The molecule has 1 aliphatic rings. The molecule has 0 radical (unpaired) electrons. The van der Waals surface area contributed by atoms with Crippen molar-refractivity contribution in [2.24, 2.45) is 5.84 Å². The minimum atomic E-state index is -3.61. The molecule has 0 spiro atoms. The van der Waals surface area contributed by atoms with Gasteiger partial charge in [-0.15, -0.1) is 0 Å². The first-order valence-electron chi connectivity index (χ1n) is 5.73. The van der Waals surface area contributed by atoms with Gasteiger partial charge in [0.2, 0.25) is 10.0 Å². The predicted octanol–water partition coefficient (Wildman–Crippen LogP) is -0.939. The second kappa shape index (κ2) is 6.26. The van der Waals surface area contributed by atoms with Crippen molar-refractivity contribution in [2.45, 2.75) is 11.0 Å². The molecular formula is C10H16N4O4S. The smallest absolute Gasteiger partial charge is 0.240 e. The average Bonchev–Trinajstić information content (AvgIpc) is 2.46. The third kappa shape index (κ3) is 3.85. The summed E-state index contributed by atoms with van der Waals surface area (Å²) in [5, 5.41) is 0. The lowest BCUT2D eigenvalue weighted by atomic mass is 10.3. The van der Waals surface area contributed by atoms with Gasteiger partial charge in [-0.05, 0) is 6.07 Å². The number of nitrogens with one attached hydrogen (secondary N) is 2. The summed E-state index contributed by atoms with van der Waals surface area (Å²) in [7, 11) is -3.61. The molecule has 2 rings (SSSR count). The molecule has 0 saturated carbocycles. The second-order valence-corrected chi connectivity index (χ2v) is 5.71. The molecule has 0 aromatic carbocycles. The number of hydrazine groups is 1. The van der Waals surface area contributed by atoms with Gasteiger partial charge >= 0.3 is 0 Å². The molecule has 8 nitrogen and oxygen atoms in total. The van der Waals surface area contributed by atoms with Gasteiger partial charge in [-0.3, -0.25) is 0 Å². The molecule has 4 N–H and O–H groups in total. The highest BCUT2D eigenvalue weighted by Gasteiger charge is 2.19. The fourth-order valence-electron chi connectivity index (χ4n) is 1.60. The minimum absolute atomic E-state index is 0.0900. The standard InChI is InChI=1S/C10H16N4O4S/c11-14-10-5-9(1-2-12-10)19(15,16)13-6-8-7-17-3-4-18-8/h1-2,5,8,13H,3-4,6-7,11H2,(H,12,14). The molecule has 1 aromatic heterocycles. The van der Waals surface area contributed by atoms with Crippen LogP contribution in [-0.4, -0.2) is 45.9 Å². The molecule has 106 valence electrons. The van der Waals surface area contributed by atoms with Crippen LogP contribution in [0, 0.1) is 0 Å². The third-order valence-corrected chi connectivity index (χ3v) is 4.00. The van der Waals surface area contributed by atoms with Gasteiger partial charge in [0.1, 0.15) is 5.82 Å². The maximum atomic E-state index is 12.0. The monoisotopic (exact) mass is 288 g/mol. The van der Waals surface area contributed by atoms with E-state index in [9.17, 15) is 8.42 Å². The molecule has 0 aliphatic carbocycles. The highest BCUT2D eigenvalue weighted by molar-refractivity contribution is 7.89. The van der Waals surface area contributed by atoms with E-state index in [1.807, 2.05) is 0 Å². The van der Waals surface area contributed by atoms with Crippen LogP contribution in [0.4, 0.5) is 5.82 Å². The van der Waals surface area contributed by atoms with Crippen LogP contribution in [0.1, 0.15) is 0 Å². The number of sulfonamides is 1. The number of nitrogens with two attached hydrogens (primary N) is 1. The van der Waals surface area contributed by atoms with Crippen molar-refractivity contribution < 1.29 is 17.9 Å². The molecule has 0 bridgehead atoms. The number of hydrogen-bond donors (Lipinski definition) is 3. The average molecular weight is 288 g/mol. The van der Waals surface area contributed by atoms with Crippen LogP contribution in [0.5, 0.6) is 0 Å². The summed E-state index contributed by atoms with van der Waals surface area (Å²) in [5.74, 6) is 5.47. The van der Waals surface area contributed by atoms with E-state index in [1.54, 1.807) is 0 Å². The molecule has 19 heavy (non-hydrogen) atoms. The van der Waals surface area contributed by atoms with E-state index in [0.717, 1.165) is 0 Å². The Morgan fingerprint density at radius 3 is 3.00 bits per heavy atom. The van der Waals surface area contributed by atoms with Crippen molar-refractivity contribution in [2.75, 3.05) is 31.8 Å². The van der Waals surface area contributed by atoms with Gasteiger partial charge in [0.15, 0.2) is 0 Å². The molecule has 1 aromatic rings. The SMILES string of the molecule is NNc1cc(S(=O)(=O)NCC2COCCO2)ccn1. The van der Waals surface area contributed by atoms with Crippen LogP contribution in [0.15, 0.2) is 23.2 Å². The van der Waals surface area contributed by atoms with Gasteiger partial charge in [0, 0.05) is 18.8 Å². The van der Waals surface area contributed by atoms with Crippen LogP contribution < -0.4 is 16.0 Å². The van der Waals surface area contributed by atoms with E-state index in [-0.39, 0.29) is 23.4 Å². The van der Waals surface area contributed by atoms with Crippen LogP contribution in [0.3, 0.4) is 0 Å². The molecule has 2 heterocycles. The number of aromatic nitrogens is 1. The number of nitrogens with zero attached hydrogens (tertiary/aromatic N) is 1. The first-order chi connectivity index (χ1) is 9.12. The van der Waals surface area contributed by atoms with Gasteiger partial charge in [-0.2, -0.15) is 0 Å². The van der Waals surface area contributed by atoms with Crippen molar-refractivity contribution in [3.8, 4) is 0 Å². The van der Waals surface area contributed by atoms with E-state index in [1.165, 1.54) is 18.3 Å². The quantitative estimate of drug-likeness (QED) is 0.473. The minimum Gasteiger partial charge on any atom is -0.376 e. The Morgan fingerprint density at radius 2 is 2.32 bits per heavy atom. The van der Waals surface area contributed by atoms with Crippen LogP contribution in [0.25, 0.3) is 0 Å². The Morgan fingerprint density at radius 1 is 1.47 bits per heavy atom. The fourth-order valence-corrected chi connectivity index (χ4v) is 2.68. The summed E-state index contributed by atoms with van der Waals surface area (Å²) in [6, 6.07) is 2.74. The lowest BCUT2D eigenvalue weighted by Crippen LogP contribution is -2.39. The number of anilines is 1. The lowest BCUT2D eigenvalue weighted by molar-refractivity contribution is -0.0846. The topological polar surface area (TPSA) is 116 Å². The van der Waals surface area contributed by atoms with Crippen molar-refractivity contribution >= 4 is 15.8 Å². The Kier molecular flexibility index (Phi) is 4.66. The van der Waals surface area contributed by atoms with Gasteiger partial charge in [0.05, 0.1) is 30.8 Å². The van der Waals surface area contributed by atoms with Gasteiger partial charge in [-0.1, -0.05) is 0 Å². The van der Waals surface area contributed by atoms with E-state index >= 15 is 0 Å². The highest BCUT2D eigenvalue weighted by atomic mass is 32.2. The van der Waals surface area contributed by atoms with E-state index in [2.05, 4.69) is 15.1 Å². The molecule has 1 atom stereocenters. The Bertz CT molecular complexity index is 516. The van der Waals surface area contributed by atoms with Crippen molar-refractivity contribution in [3.63, 3.8) is 0 Å². The normalized spacial score (nSPS) is 20.2. The Balaban J connectivity index is 2.00. The van der Waals surface area contributed by atoms with Gasteiger partial charge in [-0.25, -0.2) is 24.0 Å². The first kappa shape index (κ1) is 14.2. The number of ether oxygens (including phenoxy) is 2.